The van der Waals surface area contributed by atoms with Crippen LogP contribution in [0.25, 0.3) is 0 Å². The minimum atomic E-state index is 0.148. The number of rotatable bonds is 6. The molecule has 1 atom stereocenters. The van der Waals surface area contributed by atoms with Gasteiger partial charge in [-0.1, -0.05) is 0 Å². The minimum absolute atomic E-state index is 0.148. The van der Waals surface area contributed by atoms with Gasteiger partial charge < -0.3 is 20.1 Å². The van der Waals surface area contributed by atoms with Gasteiger partial charge in [-0.3, -0.25) is 0 Å². The third kappa shape index (κ3) is 3.42. The van der Waals surface area contributed by atoms with E-state index in [4.69, 9.17) is 15.2 Å². The lowest BCUT2D eigenvalue weighted by Crippen LogP contribution is -2.37. The molecule has 0 fully saturated rings. The Balaban J connectivity index is 2.98. The molecule has 0 aromatic carbocycles. The molecular weight excluding hydrogens is 222 g/mol. The quantitative estimate of drug-likeness (QED) is 0.767. The second kappa shape index (κ2) is 6.19. The van der Waals surface area contributed by atoms with E-state index in [1.54, 1.807) is 7.11 Å². The lowest BCUT2D eigenvalue weighted by atomic mass is 10.3. The zero-order valence-electron chi connectivity index (χ0n) is 10.7. The molecule has 0 amide bonds. The van der Waals surface area contributed by atoms with Crippen LogP contribution in [-0.2, 0) is 4.74 Å². The summed E-state index contributed by atoms with van der Waals surface area (Å²) in [6.07, 6.45) is 0. The number of methoxy groups -OCH3 is 2. The van der Waals surface area contributed by atoms with Gasteiger partial charge in [0.25, 0.3) is 0 Å². The molecule has 0 saturated carbocycles. The Labute approximate surface area is 101 Å². The predicted molar refractivity (Wildman–Crippen MR) is 65.1 cm³/mol. The Bertz CT molecular complexity index is 361. The van der Waals surface area contributed by atoms with Gasteiger partial charge in [0.15, 0.2) is 0 Å². The summed E-state index contributed by atoms with van der Waals surface area (Å²) in [6.45, 7) is 5.37. The molecule has 17 heavy (non-hydrogen) atoms. The highest BCUT2D eigenvalue weighted by molar-refractivity contribution is 5.36. The molecule has 96 valence electrons. The Morgan fingerprint density at radius 2 is 2.00 bits per heavy atom. The second-order valence-electron chi connectivity index (χ2n) is 3.57. The smallest absolute Gasteiger partial charge is 0.322 e. The number of aromatic nitrogens is 3. The van der Waals surface area contributed by atoms with Gasteiger partial charge in [-0.15, -0.1) is 0 Å². The Kier molecular flexibility index (Phi) is 4.89. The summed E-state index contributed by atoms with van der Waals surface area (Å²) in [7, 11) is 3.15. The van der Waals surface area contributed by atoms with Crippen molar-refractivity contribution >= 4 is 11.9 Å². The summed E-state index contributed by atoms with van der Waals surface area (Å²) >= 11 is 0. The molecule has 0 aliphatic carbocycles. The zero-order valence-corrected chi connectivity index (χ0v) is 10.7. The molecule has 0 bridgehead atoms. The highest BCUT2D eigenvalue weighted by Gasteiger charge is 2.17. The van der Waals surface area contributed by atoms with Crippen molar-refractivity contribution in [2.75, 3.05) is 38.0 Å². The summed E-state index contributed by atoms with van der Waals surface area (Å²) in [4.78, 5) is 14.1. The Hall–Kier alpha value is -1.63. The van der Waals surface area contributed by atoms with Crippen molar-refractivity contribution in [3.63, 3.8) is 0 Å². The molecule has 0 radical (unpaired) electrons. The lowest BCUT2D eigenvalue weighted by molar-refractivity contribution is 0.181. The van der Waals surface area contributed by atoms with Crippen LogP contribution in [0.2, 0.25) is 0 Å². The number of hydrogen-bond acceptors (Lipinski definition) is 7. The molecule has 0 saturated heterocycles. The van der Waals surface area contributed by atoms with Crippen LogP contribution in [0.1, 0.15) is 13.8 Å². The van der Waals surface area contributed by atoms with E-state index in [0.29, 0.717) is 12.6 Å². The third-order valence-electron chi connectivity index (χ3n) is 2.34. The van der Waals surface area contributed by atoms with Crippen molar-refractivity contribution in [2.45, 2.75) is 19.9 Å². The van der Waals surface area contributed by atoms with E-state index in [0.717, 1.165) is 6.54 Å². The van der Waals surface area contributed by atoms with E-state index in [-0.39, 0.29) is 18.0 Å². The summed E-state index contributed by atoms with van der Waals surface area (Å²) in [5.74, 6) is 0.649. The fraction of sp³-hybridized carbons (Fsp3) is 0.700. The third-order valence-corrected chi connectivity index (χ3v) is 2.34. The first-order chi connectivity index (χ1) is 8.12. The topological polar surface area (TPSA) is 86.4 Å². The number of nitrogen functional groups attached to an aromatic ring is 1. The summed E-state index contributed by atoms with van der Waals surface area (Å²) in [6, 6.07) is 0.368. The number of nitrogens with zero attached hydrogens (tertiary/aromatic N) is 4. The van der Waals surface area contributed by atoms with Crippen LogP contribution in [0.15, 0.2) is 0 Å². The Morgan fingerprint density at radius 1 is 1.29 bits per heavy atom. The molecule has 1 unspecified atom stereocenters. The molecule has 1 rings (SSSR count). The van der Waals surface area contributed by atoms with Gasteiger partial charge in [-0.05, 0) is 13.8 Å². The van der Waals surface area contributed by atoms with Crippen LogP contribution in [0.4, 0.5) is 11.9 Å². The van der Waals surface area contributed by atoms with E-state index in [2.05, 4.69) is 15.0 Å². The van der Waals surface area contributed by atoms with Crippen molar-refractivity contribution in [1.29, 1.82) is 0 Å². The van der Waals surface area contributed by atoms with Crippen LogP contribution in [-0.4, -0.2) is 48.4 Å². The van der Waals surface area contributed by atoms with Gasteiger partial charge >= 0.3 is 6.01 Å². The first kappa shape index (κ1) is 13.4. The summed E-state index contributed by atoms with van der Waals surface area (Å²) < 4.78 is 10.1. The first-order valence-corrected chi connectivity index (χ1v) is 5.43. The van der Waals surface area contributed by atoms with Crippen LogP contribution >= 0.6 is 0 Å². The number of nitrogens with two attached hydrogens (primary N) is 1. The average Bonchev–Trinajstić information content (AvgIpc) is 2.29. The molecule has 0 aliphatic heterocycles. The van der Waals surface area contributed by atoms with Gasteiger partial charge in [0.2, 0.25) is 11.9 Å². The molecule has 1 aromatic heterocycles. The van der Waals surface area contributed by atoms with Gasteiger partial charge in [0, 0.05) is 13.7 Å². The van der Waals surface area contributed by atoms with Gasteiger partial charge in [0.1, 0.15) is 0 Å². The predicted octanol–water partition coefficient (Wildman–Crippen LogP) is 0.324. The van der Waals surface area contributed by atoms with Crippen molar-refractivity contribution in [1.82, 2.24) is 15.0 Å². The van der Waals surface area contributed by atoms with E-state index in [1.165, 1.54) is 7.11 Å². The zero-order chi connectivity index (χ0) is 12.8. The highest BCUT2D eigenvalue weighted by atomic mass is 16.5. The largest absolute Gasteiger partial charge is 0.467 e. The van der Waals surface area contributed by atoms with E-state index < -0.39 is 0 Å². The van der Waals surface area contributed by atoms with Crippen LogP contribution < -0.4 is 15.4 Å². The second-order valence-corrected chi connectivity index (χ2v) is 3.57. The maximum absolute atomic E-state index is 5.60. The standard InChI is InChI=1S/C10H19N5O2/c1-5-15(7(2)6-16-3)9-12-8(11)13-10(14-9)17-4/h7H,5-6H2,1-4H3,(H2,11,12,13,14). The van der Waals surface area contributed by atoms with Gasteiger partial charge in [-0.25, -0.2) is 0 Å². The summed E-state index contributed by atoms with van der Waals surface area (Å²) in [5.41, 5.74) is 5.60. The van der Waals surface area contributed by atoms with E-state index in [1.807, 2.05) is 18.7 Å². The molecule has 1 heterocycles. The molecular formula is C10H19N5O2. The monoisotopic (exact) mass is 241 g/mol. The Morgan fingerprint density at radius 3 is 2.53 bits per heavy atom. The maximum atomic E-state index is 5.60. The van der Waals surface area contributed by atoms with Crippen LogP contribution in [0, 0.1) is 0 Å². The number of likely N-dealkylation sites (N-methyl/N-ethyl adjacent to an activating group) is 1. The van der Waals surface area contributed by atoms with Crippen molar-refractivity contribution < 1.29 is 9.47 Å². The van der Waals surface area contributed by atoms with E-state index >= 15 is 0 Å². The molecule has 7 nitrogen and oxygen atoms in total. The molecule has 0 aliphatic rings. The highest BCUT2D eigenvalue weighted by Crippen LogP contribution is 2.15. The van der Waals surface area contributed by atoms with Gasteiger partial charge in [0.05, 0.1) is 19.8 Å². The van der Waals surface area contributed by atoms with Crippen LogP contribution in [0.5, 0.6) is 6.01 Å². The maximum Gasteiger partial charge on any atom is 0.322 e. The number of anilines is 2. The lowest BCUT2D eigenvalue weighted by Gasteiger charge is -2.27. The van der Waals surface area contributed by atoms with Gasteiger partial charge in [-0.2, -0.15) is 15.0 Å². The first-order valence-electron chi connectivity index (χ1n) is 5.43. The van der Waals surface area contributed by atoms with Crippen LogP contribution in [0.3, 0.4) is 0 Å². The normalized spacial score (nSPS) is 12.2. The number of ether oxygens (including phenoxy) is 2. The summed E-state index contributed by atoms with van der Waals surface area (Å²) in [5, 5.41) is 0. The fourth-order valence-electron chi connectivity index (χ4n) is 1.56. The molecule has 1 aromatic rings. The SMILES string of the molecule is CCN(c1nc(N)nc(OC)n1)C(C)COC. The van der Waals surface area contributed by atoms with Crippen molar-refractivity contribution in [3.8, 4) is 6.01 Å². The minimum Gasteiger partial charge on any atom is -0.467 e. The van der Waals surface area contributed by atoms with E-state index in [9.17, 15) is 0 Å². The average molecular weight is 241 g/mol. The van der Waals surface area contributed by atoms with Crippen molar-refractivity contribution in [3.05, 3.63) is 0 Å². The molecule has 7 heteroatoms. The fourth-order valence-corrected chi connectivity index (χ4v) is 1.56. The van der Waals surface area contributed by atoms with Crippen molar-refractivity contribution in [2.24, 2.45) is 0 Å². The number of hydrogen-bond donors (Lipinski definition) is 1. The molecule has 2 N–H and O–H groups in total. The molecule has 0 spiro atoms.